The highest BCUT2D eigenvalue weighted by Crippen LogP contribution is 3.04. The van der Waals surface area contributed by atoms with Gasteiger partial charge in [0.1, 0.15) is 11.4 Å². The molecule has 1 aromatic carbocycles. The monoisotopic (exact) mass is 439 g/mol. The number of hydrogen-bond donors (Lipinski definition) is 2. The van der Waals surface area contributed by atoms with Crippen LogP contribution in [0.4, 0.5) is 9.18 Å². The molecule has 0 atom stereocenters. The number of urea groups is 1. The minimum atomic E-state index is -0.864. The third-order valence-corrected chi connectivity index (χ3v) is 9.68. The summed E-state index contributed by atoms with van der Waals surface area (Å²) < 4.78 is 16.3. The molecule has 9 heteroatoms. The molecule has 0 radical (unpaired) electrons. The van der Waals surface area contributed by atoms with Crippen LogP contribution in [-0.2, 0) is 13.1 Å². The van der Waals surface area contributed by atoms with Gasteiger partial charge in [0.25, 0.3) is 5.91 Å². The molecule has 2 heterocycles. The van der Waals surface area contributed by atoms with Crippen LogP contribution in [0.15, 0.2) is 24.3 Å². The number of nitrogens with zero attached hydrogens (tertiary/aromatic N) is 3. The summed E-state index contributed by atoms with van der Waals surface area (Å²) in [5.41, 5.74) is 6.89. The van der Waals surface area contributed by atoms with Crippen LogP contribution < -0.4 is 11.1 Å². The Bertz CT molecular complexity index is 1200. The number of amides is 3. The van der Waals surface area contributed by atoms with Crippen molar-refractivity contribution in [3.05, 3.63) is 40.5 Å². The summed E-state index contributed by atoms with van der Waals surface area (Å²) in [5, 5.41) is 8.43. The minimum absolute atomic E-state index is 0.129. The Hall–Kier alpha value is -2.61. The molecule has 3 N–H and O–H groups in total. The smallest absolute Gasteiger partial charge is 0.318 e. The van der Waals surface area contributed by atoms with Gasteiger partial charge < -0.3 is 16.0 Å². The van der Waals surface area contributed by atoms with Gasteiger partial charge in [-0.05, 0) is 29.9 Å². The van der Waals surface area contributed by atoms with Crippen molar-refractivity contribution in [3.63, 3.8) is 0 Å². The molecule has 6 aliphatic carbocycles. The fraction of sp³-hybridized carbons (Fsp3) is 0.500. The number of hydrogen-bond acceptors (Lipinski definition) is 3. The van der Waals surface area contributed by atoms with E-state index < -0.39 is 11.6 Å². The first kappa shape index (κ1) is 17.0. The average Bonchev–Trinajstić information content (AvgIpc) is 3.15. The molecule has 7 nitrogen and oxygen atoms in total. The number of rotatable bonds is 3. The van der Waals surface area contributed by atoms with Gasteiger partial charge in [-0.3, -0.25) is 9.48 Å². The van der Waals surface area contributed by atoms with Crippen LogP contribution in [0.3, 0.4) is 0 Å². The predicted octanol–water partition coefficient (Wildman–Crippen LogP) is 2.04. The first-order valence-electron chi connectivity index (χ1n) is 10.8. The van der Waals surface area contributed by atoms with Crippen molar-refractivity contribution in [2.45, 2.75) is 24.3 Å². The minimum Gasteiger partial charge on any atom is -0.365 e. The molecule has 0 spiro atoms. The first-order chi connectivity index (χ1) is 14.9. The maximum absolute atomic E-state index is 14.6. The first-order valence-corrected chi connectivity index (χ1v) is 11.2. The zero-order valence-electron chi connectivity index (χ0n) is 16.4. The molecule has 31 heavy (non-hydrogen) atoms. The number of benzene rings is 1. The van der Waals surface area contributed by atoms with Gasteiger partial charge in [0.2, 0.25) is 0 Å². The molecule has 0 bridgehead atoms. The summed E-state index contributed by atoms with van der Waals surface area (Å²) in [5.74, 6) is 1.10. The molecule has 7 aliphatic rings. The Morgan fingerprint density at radius 3 is 2.52 bits per heavy atom. The van der Waals surface area contributed by atoms with Gasteiger partial charge in [0.15, 0.2) is 0 Å². The van der Waals surface area contributed by atoms with Crippen molar-refractivity contribution in [2.24, 2.45) is 41.2 Å². The Kier molecular flexibility index (Phi) is 2.60. The Morgan fingerprint density at radius 1 is 1.16 bits per heavy atom. The van der Waals surface area contributed by atoms with E-state index in [0.717, 1.165) is 0 Å². The van der Waals surface area contributed by atoms with Gasteiger partial charge in [-0.15, -0.1) is 0 Å². The molecule has 0 saturated heterocycles. The zero-order valence-corrected chi connectivity index (χ0v) is 17.1. The molecule has 6 fully saturated rings. The molecular formula is C22H19ClFN5O2. The molecule has 6 saturated carbocycles. The van der Waals surface area contributed by atoms with E-state index in [1.807, 2.05) is 6.07 Å². The summed E-state index contributed by atoms with van der Waals surface area (Å²) in [6, 6.07) is 7.01. The number of halogens is 2. The number of alkyl halides is 1. The van der Waals surface area contributed by atoms with Gasteiger partial charge >= 0.3 is 6.03 Å². The second-order valence-corrected chi connectivity index (χ2v) is 10.5. The third-order valence-electron chi connectivity index (χ3n) is 9.44. The average molecular weight is 440 g/mol. The topological polar surface area (TPSA) is 93.2 Å². The van der Waals surface area contributed by atoms with Crippen LogP contribution in [-0.4, -0.2) is 44.4 Å². The quantitative estimate of drug-likeness (QED) is 0.766. The van der Waals surface area contributed by atoms with Crippen LogP contribution in [0.25, 0.3) is 11.3 Å². The molecule has 0 unspecified atom stereocenters. The standard InChI is InChI=1S/C22H19ClFN5O2/c23-9-3-1-2-8(6-9)18-11(19(25)30)10-7-28(4-5-29(10)27-18)20(31)26-22-15-12-16(22)14-17(22)13(15)21(12,14)24/h1-3,6,12-17H,4-5,7H2,(H2,25,30)(H,26,31). The molecule has 1 aromatic heterocycles. The highest BCUT2D eigenvalue weighted by Gasteiger charge is 3.11. The highest BCUT2D eigenvalue weighted by molar-refractivity contribution is 6.30. The van der Waals surface area contributed by atoms with E-state index in [9.17, 15) is 14.0 Å². The fourth-order valence-corrected chi connectivity index (χ4v) is 8.69. The fourth-order valence-electron chi connectivity index (χ4n) is 8.50. The van der Waals surface area contributed by atoms with E-state index in [1.165, 1.54) is 0 Å². The number of nitrogens with one attached hydrogen (secondary N) is 1. The van der Waals surface area contributed by atoms with Gasteiger partial charge in [0, 0.05) is 34.9 Å². The lowest BCUT2D eigenvalue weighted by molar-refractivity contribution is -0.614. The van der Waals surface area contributed by atoms with Crippen molar-refractivity contribution in [1.29, 1.82) is 0 Å². The lowest BCUT2D eigenvalue weighted by Gasteiger charge is -3.08. The number of aromatic nitrogens is 2. The van der Waals surface area contributed by atoms with E-state index in [4.69, 9.17) is 17.3 Å². The predicted molar refractivity (Wildman–Crippen MR) is 108 cm³/mol. The van der Waals surface area contributed by atoms with Crippen LogP contribution in [0.2, 0.25) is 5.02 Å². The summed E-state index contributed by atoms with van der Waals surface area (Å²) in [6.45, 7) is 1.23. The maximum Gasteiger partial charge on any atom is 0.318 e. The molecule has 9 rings (SSSR count). The zero-order chi connectivity index (χ0) is 21.0. The van der Waals surface area contributed by atoms with E-state index in [2.05, 4.69) is 10.4 Å². The van der Waals surface area contributed by atoms with Crippen molar-refractivity contribution in [1.82, 2.24) is 20.0 Å². The lowest BCUT2D eigenvalue weighted by Crippen LogP contribution is -3.17. The highest BCUT2D eigenvalue weighted by atomic mass is 35.5. The number of nitrogens with two attached hydrogens (primary N) is 1. The summed E-state index contributed by atoms with van der Waals surface area (Å²) in [6.07, 6.45) is 0. The Labute approximate surface area is 181 Å². The van der Waals surface area contributed by atoms with E-state index in [0.29, 0.717) is 58.4 Å². The summed E-state index contributed by atoms with van der Waals surface area (Å²) in [7, 11) is 0. The Balaban J connectivity index is 1.08. The maximum atomic E-state index is 14.6. The molecule has 3 amide bonds. The summed E-state index contributed by atoms with van der Waals surface area (Å²) in [4.78, 5) is 27.2. The van der Waals surface area contributed by atoms with Crippen LogP contribution >= 0.6 is 11.6 Å². The van der Waals surface area contributed by atoms with E-state index >= 15 is 0 Å². The number of primary amides is 1. The second-order valence-electron chi connectivity index (χ2n) is 10.0. The number of carbonyl (C=O) groups is 2. The largest absolute Gasteiger partial charge is 0.365 e. The summed E-state index contributed by atoms with van der Waals surface area (Å²) >= 11 is 6.12. The lowest BCUT2D eigenvalue weighted by atomic mass is 8.97. The molecule has 1 aliphatic heterocycles. The van der Waals surface area contributed by atoms with Gasteiger partial charge in [0.05, 0.1) is 29.9 Å². The van der Waals surface area contributed by atoms with E-state index in [1.54, 1.807) is 27.8 Å². The van der Waals surface area contributed by atoms with Crippen LogP contribution in [0.1, 0.15) is 16.1 Å². The molecule has 158 valence electrons. The Morgan fingerprint density at radius 2 is 1.87 bits per heavy atom. The van der Waals surface area contributed by atoms with Gasteiger partial charge in [-0.1, -0.05) is 23.7 Å². The van der Waals surface area contributed by atoms with Crippen molar-refractivity contribution in [3.8, 4) is 11.3 Å². The van der Waals surface area contributed by atoms with Crippen molar-refractivity contribution >= 4 is 23.5 Å². The number of carbonyl (C=O) groups excluding carboxylic acids is 2. The SMILES string of the molecule is NC(=O)c1c(-c2cccc(Cl)c2)nn2c1CN(C(=O)NC13C4C5C1C1C3C4C51F)CC2. The van der Waals surface area contributed by atoms with Crippen LogP contribution in [0.5, 0.6) is 0 Å². The van der Waals surface area contributed by atoms with Crippen molar-refractivity contribution in [2.75, 3.05) is 6.54 Å². The van der Waals surface area contributed by atoms with E-state index in [-0.39, 0.29) is 35.9 Å². The van der Waals surface area contributed by atoms with Crippen LogP contribution in [0, 0.1) is 35.5 Å². The molecular weight excluding hydrogens is 421 g/mol. The normalized spacial score (nSPS) is 43.4. The second kappa shape index (κ2) is 4.75. The number of fused-ring (bicyclic) bond motifs is 1. The molecule has 2 aromatic rings. The van der Waals surface area contributed by atoms with Crippen molar-refractivity contribution < 1.29 is 14.0 Å². The third kappa shape index (κ3) is 1.48. The van der Waals surface area contributed by atoms with Gasteiger partial charge in [-0.2, -0.15) is 5.10 Å². The van der Waals surface area contributed by atoms with Gasteiger partial charge in [-0.25, -0.2) is 9.18 Å².